The Morgan fingerprint density at radius 1 is 1.00 bits per heavy atom. The predicted molar refractivity (Wildman–Crippen MR) is 21.9 cm³/mol. The van der Waals surface area contributed by atoms with Crippen LogP contribution in [0.2, 0.25) is 0 Å². The van der Waals surface area contributed by atoms with Crippen LogP contribution in [0.1, 0.15) is 1.43 Å². The molecule has 0 rings (SSSR count). The zero-order valence-electron chi connectivity index (χ0n) is 3.33. The number of rotatable bonds is 0. The Labute approximate surface area is 63.9 Å². The first-order valence-corrected chi connectivity index (χ1v) is 0. The molecule has 0 atom stereocenters. The van der Waals surface area contributed by atoms with Gasteiger partial charge in [0, 0.05) is 16.8 Å². The van der Waals surface area contributed by atoms with Gasteiger partial charge in [0.05, 0.1) is 0 Å². The van der Waals surface area contributed by atoms with Gasteiger partial charge < -0.3 is 1.43 Å². The molecule has 0 heterocycles. The van der Waals surface area contributed by atoms with Crippen molar-refractivity contribution >= 4 is 27.0 Å². The first-order chi connectivity index (χ1) is 0. The van der Waals surface area contributed by atoms with Gasteiger partial charge >= 0.3 is 18.9 Å². The van der Waals surface area contributed by atoms with E-state index in [1.54, 1.807) is 0 Å². The van der Waals surface area contributed by atoms with Crippen LogP contribution in [-0.4, -0.2) is 0 Å². The van der Waals surface area contributed by atoms with Gasteiger partial charge in [-0.1, -0.05) is 0 Å². The van der Waals surface area contributed by atoms with E-state index in [1.165, 1.54) is 0 Å². The Kier molecular flexibility index (Phi) is 220. The molecule has 0 saturated heterocycles. The molecule has 0 aliphatic heterocycles. The number of hydrogen-bond acceptors (Lipinski definition) is 0. The SMILES string of the molecule is S.S.[Co].[H-].[Li+]. The summed E-state index contributed by atoms with van der Waals surface area (Å²) >= 11 is 0. The maximum atomic E-state index is 0. The van der Waals surface area contributed by atoms with Crippen LogP contribution >= 0.6 is 27.0 Å². The van der Waals surface area contributed by atoms with Crippen molar-refractivity contribution in [1.82, 2.24) is 0 Å². The molecule has 0 fully saturated rings. The molecule has 0 N–H and O–H groups in total. The quantitative estimate of drug-likeness (QED) is 0.318. The molecule has 0 saturated carbocycles. The molecule has 27 valence electrons. The zero-order valence-corrected chi connectivity index (χ0v) is 5.37. The van der Waals surface area contributed by atoms with Gasteiger partial charge in [-0.25, -0.2) is 0 Å². The van der Waals surface area contributed by atoms with E-state index in [-0.39, 0.29) is 64.1 Å². The third kappa shape index (κ3) is 9.19. The standard InChI is InChI=1S/Co.Li.2H2S.H/h;;2*1H2;/q;+1;;;-1. The summed E-state index contributed by atoms with van der Waals surface area (Å²) in [4.78, 5) is 0. The molecule has 0 aromatic carbocycles. The van der Waals surface area contributed by atoms with Crippen LogP contribution in [-0.2, 0) is 16.8 Å². The van der Waals surface area contributed by atoms with Crippen LogP contribution in [0.4, 0.5) is 0 Å². The topological polar surface area (TPSA) is 0 Å². The van der Waals surface area contributed by atoms with E-state index >= 15 is 0 Å². The van der Waals surface area contributed by atoms with Gasteiger partial charge in [0.2, 0.25) is 0 Å². The van der Waals surface area contributed by atoms with E-state index in [0.717, 1.165) is 0 Å². The Morgan fingerprint density at radius 2 is 1.00 bits per heavy atom. The molecule has 0 aromatic heterocycles. The fourth-order valence-corrected chi connectivity index (χ4v) is 0. The van der Waals surface area contributed by atoms with Crippen LogP contribution in [0.3, 0.4) is 0 Å². The second-order valence-electron chi connectivity index (χ2n) is 0. The second-order valence-corrected chi connectivity index (χ2v) is 0. The minimum Gasteiger partial charge on any atom is -1.00 e. The molecule has 4 heteroatoms. The van der Waals surface area contributed by atoms with Crippen LogP contribution in [0.5, 0.6) is 0 Å². The molecule has 0 amide bonds. The third-order valence-electron chi connectivity index (χ3n) is 0. The van der Waals surface area contributed by atoms with E-state index in [0.29, 0.717) is 0 Å². The minimum absolute atomic E-state index is 0. The molecule has 0 aliphatic rings. The summed E-state index contributed by atoms with van der Waals surface area (Å²) in [5.74, 6) is 0. The average Bonchev–Trinajstić information content (AvgIpc) is 0. The minimum atomic E-state index is 0. The first kappa shape index (κ1) is 41.2. The van der Waals surface area contributed by atoms with E-state index in [1.807, 2.05) is 0 Å². The van der Waals surface area contributed by atoms with Crippen molar-refractivity contribution in [1.29, 1.82) is 0 Å². The van der Waals surface area contributed by atoms with Gasteiger partial charge in [-0.15, -0.1) is 0 Å². The van der Waals surface area contributed by atoms with Gasteiger partial charge in [-0.05, 0) is 0 Å². The predicted octanol–water partition coefficient (Wildman–Crippen LogP) is -2.66. The van der Waals surface area contributed by atoms with E-state index in [2.05, 4.69) is 0 Å². The Balaban J connectivity index is 0. The molecule has 0 aromatic rings. The maximum Gasteiger partial charge on any atom is 1.00 e. The van der Waals surface area contributed by atoms with Crippen LogP contribution < -0.4 is 18.9 Å². The van der Waals surface area contributed by atoms with E-state index in [9.17, 15) is 0 Å². The molecule has 0 aliphatic carbocycles. The van der Waals surface area contributed by atoms with E-state index in [4.69, 9.17) is 0 Å². The summed E-state index contributed by atoms with van der Waals surface area (Å²) in [6.45, 7) is 0. The summed E-state index contributed by atoms with van der Waals surface area (Å²) in [5.41, 5.74) is 0. The van der Waals surface area contributed by atoms with Gasteiger partial charge in [-0.2, -0.15) is 27.0 Å². The van der Waals surface area contributed by atoms with Crippen molar-refractivity contribution in [3.05, 3.63) is 0 Å². The zero-order chi connectivity index (χ0) is 0. The molecule has 0 nitrogen and oxygen atoms in total. The third-order valence-corrected chi connectivity index (χ3v) is 0. The fraction of sp³-hybridized carbons (Fsp3) is 0. The monoisotopic (exact) mass is 135 g/mol. The van der Waals surface area contributed by atoms with Crippen molar-refractivity contribution in [2.45, 2.75) is 0 Å². The van der Waals surface area contributed by atoms with Crippen molar-refractivity contribution < 1.29 is 37.1 Å². The molecule has 0 unspecified atom stereocenters. The molecule has 0 spiro atoms. The van der Waals surface area contributed by atoms with Gasteiger partial charge in [-0.3, -0.25) is 0 Å². The van der Waals surface area contributed by atoms with Crippen molar-refractivity contribution in [2.24, 2.45) is 0 Å². The summed E-state index contributed by atoms with van der Waals surface area (Å²) in [5, 5.41) is 0. The Hall–Kier alpha value is 1.80. The van der Waals surface area contributed by atoms with Gasteiger partial charge in [0.1, 0.15) is 0 Å². The smallest absolute Gasteiger partial charge is 1.00 e. The van der Waals surface area contributed by atoms with Gasteiger partial charge in [0.25, 0.3) is 0 Å². The number of hydrogen-bond donors (Lipinski definition) is 0. The van der Waals surface area contributed by atoms with Crippen LogP contribution in [0.25, 0.3) is 0 Å². The first-order valence-electron chi connectivity index (χ1n) is 0. The molecule has 1 radical (unpaired) electrons. The molecular formula is H5CoLiS2. The summed E-state index contributed by atoms with van der Waals surface area (Å²) in [6, 6.07) is 0. The van der Waals surface area contributed by atoms with Crippen molar-refractivity contribution in [2.75, 3.05) is 0 Å². The normalized spacial score (nSPS) is 0. The Bertz CT molecular complexity index is 9.61. The van der Waals surface area contributed by atoms with Crippen LogP contribution in [0.15, 0.2) is 0 Å². The Morgan fingerprint density at radius 3 is 1.00 bits per heavy atom. The van der Waals surface area contributed by atoms with Gasteiger partial charge in [0.15, 0.2) is 0 Å². The summed E-state index contributed by atoms with van der Waals surface area (Å²) in [7, 11) is 0. The van der Waals surface area contributed by atoms with Crippen molar-refractivity contribution in [3.8, 4) is 0 Å². The molecule has 4 heavy (non-hydrogen) atoms. The van der Waals surface area contributed by atoms with Crippen molar-refractivity contribution in [3.63, 3.8) is 0 Å². The second kappa shape index (κ2) is 21.4. The summed E-state index contributed by atoms with van der Waals surface area (Å²) < 4.78 is 0. The maximum absolute atomic E-state index is 0. The largest absolute Gasteiger partial charge is 1.00 e. The molecular weight excluding hydrogens is 130 g/mol. The fourth-order valence-electron chi connectivity index (χ4n) is 0. The summed E-state index contributed by atoms with van der Waals surface area (Å²) in [6.07, 6.45) is 0. The molecule has 0 bridgehead atoms. The van der Waals surface area contributed by atoms with Crippen LogP contribution in [0, 0.1) is 0 Å². The van der Waals surface area contributed by atoms with E-state index < -0.39 is 0 Å². The average molecular weight is 135 g/mol.